The molecule has 54 valence electrons. The molecule has 3 heteroatoms. The minimum Gasteiger partial charge on any atom is -0.772 e. The summed E-state index contributed by atoms with van der Waals surface area (Å²) in [4.78, 5) is 0. The van der Waals surface area contributed by atoms with E-state index in [-0.39, 0.29) is 11.7 Å². The average molecular weight is 147 g/mol. The van der Waals surface area contributed by atoms with E-state index < -0.39 is 11.1 Å². The Balaban J connectivity index is 3.37. The van der Waals surface area contributed by atoms with Crippen LogP contribution in [0.25, 0.3) is 0 Å². The van der Waals surface area contributed by atoms with Gasteiger partial charge >= 0.3 is 0 Å². The van der Waals surface area contributed by atoms with Crippen LogP contribution in [-0.4, -0.2) is 14.5 Å². The normalized spacial score (nSPS) is 16.7. The second-order valence-electron chi connectivity index (χ2n) is 2.10. The molecule has 0 aliphatic heterocycles. The van der Waals surface area contributed by atoms with Crippen LogP contribution in [0.5, 0.6) is 0 Å². The van der Waals surface area contributed by atoms with Crippen LogP contribution < -0.4 is 0 Å². The van der Waals surface area contributed by atoms with Gasteiger partial charge in [-0.1, -0.05) is 24.1 Å². The van der Waals surface area contributed by atoms with Gasteiger partial charge in [-0.25, -0.2) is 0 Å². The highest BCUT2D eigenvalue weighted by Crippen LogP contribution is 2.02. The van der Waals surface area contributed by atoms with E-state index in [1.807, 2.05) is 6.92 Å². The fraction of sp³-hybridized carbons (Fsp3) is 0.667. The summed E-state index contributed by atoms with van der Waals surface area (Å²) in [6, 6.07) is 0. The van der Waals surface area contributed by atoms with Crippen molar-refractivity contribution in [2.45, 2.75) is 13.3 Å². The quantitative estimate of drug-likeness (QED) is 0.441. The minimum absolute atomic E-state index is 0.209. The van der Waals surface area contributed by atoms with Crippen molar-refractivity contribution in [3.8, 4) is 0 Å². The predicted octanol–water partition coefficient (Wildman–Crippen LogP) is 1.08. The highest BCUT2D eigenvalue weighted by atomic mass is 32.2. The summed E-state index contributed by atoms with van der Waals surface area (Å²) < 4.78 is 20.1. The highest BCUT2D eigenvalue weighted by Gasteiger charge is 1.96. The summed E-state index contributed by atoms with van der Waals surface area (Å²) in [6.07, 6.45) is 2.51. The predicted molar refractivity (Wildman–Crippen MR) is 37.8 cm³/mol. The van der Waals surface area contributed by atoms with E-state index >= 15 is 0 Å². The molecule has 0 aliphatic carbocycles. The Labute approximate surface area is 58.3 Å². The van der Waals surface area contributed by atoms with Gasteiger partial charge in [-0.2, -0.15) is 0 Å². The molecule has 0 rings (SSSR count). The third kappa shape index (κ3) is 5.73. The SMILES string of the molecule is C=CCC(C)CS(=O)[O-]. The van der Waals surface area contributed by atoms with Crippen molar-refractivity contribution >= 4 is 11.1 Å². The molecule has 0 heterocycles. The molecule has 0 fully saturated rings. The van der Waals surface area contributed by atoms with E-state index in [1.54, 1.807) is 6.08 Å². The molecular formula is C6H11O2S-. The molecule has 0 radical (unpaired) electrons. The summed E-state index contributed by atoms with van der Waals surface area (Å²) >= 11 is -1.89. The lowest BCUT2D eigenvalue weighted by Crippen LogP contribution is -2.05. The molecule has 2 nitrogen and oxygen atoms in total. The lowest BCUT2D eigenvalue weighted by molar-refractivity contribution is 0.521. The van der Waals surface area contributed by atoms with Crippen LogP contribution >= 0.6 is 0 Å². The maximum atomic E-state index is 10.1. The maximum Gasteiger partial charge on any atom is 0.0130 e. The van der Waals surface area contributed by atoms with Crippen molar-refractivity contribution in [3.05, 3.63) is 12.7 Å². The summed E-state index contributed by atoms with van der Waals surface area (Å²) in [5, 5.41) is 0. The molecule has 0 N–H and O–H groups in total. The Bertz CT molecular complexity index is 112. The van der Waals surface area contributed by atoms with Crippen LogP contribution in [0.2, 0.25) is 0 Å². The van der Waals surface area contributed by atoms with Crippen LogP contribution in [0.3, 0.4) is 0 Å². The van der Waals surface area contributed by atoms with Gasteiger partial charge in [-0.05, 0) is 12.3 Å². The van der Waals surface area contributed by atoms with E-state index in [2.05, 4.69) is 6.58 Å². The van der Waals surface area contributed by atoms with Gasteiger partial charge in [0.2, 0.25) is 0 Å². The van der Waals surface area contributed by atoms with Gasteiger partial charge in [0.1, 0.15) is 0 Å². The van der Waals surface area contributed by atoms with Gasteiger partial charge in [0.05, 0.1) is 0 Å². The smallest absolute Gasteiger partial charge is 0.0130 e. The maximum absolute atomic E-state index is 10.1. The number of hydrogen-bond acceptors (Lipinski definition) is 2. The average Bonchev–Trinajstić information content (AvgIpc) is 1.63. The largest absolute Gasteiger partial charge is 0.772 e. The van der Waals surface area contributed by atoms with Crippen molar-refractivity contribution in [1.29, 1.82) is 0 Å². The third-order valence-corrected chi connectivity index (χ3v) is 1.83. The Morgan fingerprint density at radius 2 is 2.44 bits per heavy atom. The molecule has 9 heavy (non-hydrogen) atoms. The Morgan fingerprint density at radius 1 is 1.89 bits per heavy atom. The molecule has 0 aromatic carbocycles. The lowest BCUT2D eigenvalue weighted by Gasteiger charge is -2.09. The van der Waals surface area contributed by atoms with Crippen molar-refractivity contribution in [1.82, 2.24) is 0 Å². The first-order chi connectivity index (χ1) is 4.16. The van der Waals surface area contributed by atoms with Crippen LogP contribution in [0.1, 0.15) is 13.3 Å². The monoisotopic (exact) mass is 147 g/mol. The summed E-state index contributed by atoms with van der Waals surface area (Å²) in [7, 11) is 0. The standard InChI is InChI=1S/C6H12O2S/c1-3-4-6(2)5-9(7)8/h3,6H,1,4-5H2,2H3,(H,7,8)/p-1. The summed E-state index contributed by atoms with van der Waals surface area (Å²) in [5.74, 6) is 0.451. The van der Waals surface area contributed by atoms with Gasteiger partial charge in [0.15, 0.2) is 0 Å². The van der Waals surface area contributed by atoms with E-state index in [1.165, 1.54) is 0 Å². The molecule has 0 aliphatic rings. The first-order valence-electron chi connectivity index (χ1n) is 2.83. The molecule has 0 saturated heterocycles. The lowest BCUT2D eigenvalue weighted by atomic mass is 10.1. The first kappa shape index (κ1) is 8.85. The fourth-order valence-corrected chi connectivity index (χ4v) is 1.19. The first-order valence-corrected chi connectivity index (χ1v) is 4.08. The van der Waals surface area contributed by atoms with Gasteiger partial charge in [0, 0.05) is 5.75 Å². The fourth-order valence-electron chi connectivity index (χ4n) is 0.585. The topological polar surface area (TPSA) is 40.1 Å². The summed E-state index contributed by atoms with van der Waals surface area (Å²) in [5.41, 5.74) is 0. The van der Waals surface area contributed by atoms with Crippen LogP contribution in [0.15, 0.2) is 12.7 Å². The Kier molecular flexibility index (Phi) is 4.62. The van der Waals surface area contributed by atoms with Crippen LogP contribution in [0.4, 0.5) is 0 Å². The summed E-state index contributed by atoms with van der Waals surface area (Å²) in [6.45, 7) is 5.39. The van der Waals surface area contributed by atoms with E-state index in [0.29, 0.717) is 0 Å². The zero-order valence-electron chi connectivity index (χ0n) is 5.50. The second kappa shape index (κ2) is 4.70. The number of allylic oxidation sites excluding steroid dienone is 1. The number of rotatable bonds is 4. The van der Waals surface area contributed by atoms with Gasteiger partial charge in [-0.15, -0.1) is 6.58 Å². The molecule has 0 bridgehead atoms. The van der Waals surface area contributed by atoms with Crippen molar-refractivity contribution in [2.24, 2.45) is 5.92 Å². The molecule has 0 amide bonds. The molecule has 0 saturated carbocycles. The molecule has 0 aromatic rings. The molecular weight excluding hydrogens is 136 g/mol. The van der Waals surface area contributed by atoms with Gasteiger partial charge in [0.25, 0.3) is 0 Å². The van der Waals surface area contributed by atoms with E-state index in [4.69, 9.17) is 0 Å². The van der Waals surface area contributed by atoms with Crippen molar-refractivity contribution < 1.29 is 8.76 Å². The van der Waals surface area contributed by atoms with Gasteiger partial charge < -0.3 is 4.55 Å². The van der Waals surface area contributed by atoms with Gasteiger partial charge in [-0.3, -0.25) is 4.21 Å². The third-order valence-electron chi connectivity index (χ3n) is 0.990. The molecule has 2 atom stereocenters. The van der Waals surface area contributed by atoms with E-state index in [0.717, 1.165) is 6.42 Å². The zero-order chi connectivity index (χ0) is 7.28. The van der Waals surface area contributed by atoms with Crippen LogP contribution in [-0.2, 0) is 11.1 Å². The van der Waals surface area contributed by atoms with Crippen molar-refractivity contribution in [2.75, 3.05) is 5.75 Å². The molecule has 2 unspecified atom stereocenters. The second-order valence-corrected chi connectivity index (χ2v) is 3.04. The Morgan fingerprint density at radius 3 is 2.78 bits per heavy atom. The molecule has 0 aromatic heterocycles. The minimum atomic E-state index is -1.89. The van der Waals surface area contributed by atoms with Crippen LogP contribution in [0, 0.1) is 5.92 Å². The van der Waals surface area contributed by atoms with E-state index in [9.17, 15) is 8.76 Å². The Hall–Kier alpha value is -0.150. The highest BCUT2D eigenvalue weighted by molar-refractivity contribution is 7.79. The zero-order valence-corrected chi connectivity index (χ0v) is 6.32. The van der Waals surface area contributed by atoms with Crippen molar-refractivity contribution in [3.63, 3.8) is 0 Å². The number of hydrogen-bond donors (Lipinski definition) is 0. The molecule has 0 spiro atoms.